The Morgan fingerprint density at radius 1 is 1.10 bits per heavy atom. The van der Waals surface area contributed by atoms with Gasteiger partial charge in [0.1, 0.15) is 17.6 Å². The minimum atomic E-state index is -0.136. The SMILES string of the molecule is COc1cc2c(cc1O)C1CC(CC3CCCCN31)OC(=O)CCc1ccc(cc1)O2. The maximum atomic E-state index is 12.6. The number of phenolic OH excluding ortho intramolecular Hbond substituents is 1. The molecule has 0 aromatic heterocycles. The second kappa shape index (κ2) is 8.42. The van der Waals surface area contributed by atoms with Crippen molar-refractivity contribution in [3.05, 3.63) is 47.5 Å². The standard InChI is InChI=1S/C25H29NO5/c1-29-24-15-23-20(14-22(24)27)21-13-19(12-17-4-2-3-11-26(17)21)31-25(28)10-7-16-5-8-18(30-23)9-6-16/h5-6,8-9,14-15,17,19,21,27H,2-4,7,10-13H2,1H3. The molecule has 0 amide bonds. The zero-order valence-corrected chi connectivity index (χ0v) is 17.9. The first kappa shape index (κ1) is 20.2. The summed E-state index contributed by atoms with van der Waals surface area (Å²) in [7, 11) is 1.54. The fourth-order valence-electron chi connectivity index (χ4n) is 5.29. The van der Waals surface area contributed by atoms with E-state index in [1.807, 2.05) is 24.3 Å². The molecule has 0 saturated carbocycles. The number of hydrogen-bond acceptors (Lipinski definition) is 6. The minimum Gasteiger partial charge on any atom is -0.504 e. The van der Waals surface area contributed by atoms with Gasteiger partial charge in [0.05, 0.1) is 7.11 Å². The smallest absolute Gasteiger partial charge is 0.306 e. The number of rotatable bonds is 1. The van der Waals surface area contributed by atoms with Gasteiger partial charge in [-0.2, -0.15) is 0 Å². The van der Waals surface area contributed by atoms with E-state index >= 15 is 0 Å². The van der Waals surface area contributed by atoms with Crippen LogP contribution in [0.25, 0.3) is 0 Å². The monoisotopic (exact) mass is 423 g/mol. The third-order valence-corrected chi connectivity index (χ3v) is 6.83. The normalized spacial score (nSPS) is 26.1. The average Bonchev–Trinajstić information content (AvgIpc) is 2.78. The van der Waals surface area contributed by atoms with E-state index in [2.05, 4.69) is 4.90 Å². The first-order valence-electron chi connectivity index (χ1n) is 11.2. The third kappa shape index (κ3) is 4.09. The molecule has 1 N–H and O–H groups in total. The molecule has 31 heavy (non-hydrogen) atoms. The van der Waals surface area contributed by atoms with Crippen LogP contribution < -0.4 is 9.47 Å². The summed E-state index contributed by atoms with van der Waals surface area (Å²) in [4.78, 5) is 15.1. The topological polar surface area (TPSA) is 68.2 Å². The molecule has 4 heterocycles. The van der Waals surface area contributed by atoms with Crippen LogP contribution >= 0.6 is 0 Å². The van der Waals surface area contributed by atoms with Crippen molar-refractivity contribution in [2.75, 3.05) is 13.7 Å². The molecular formula is C25H29NO5. The molecule has 4 bridgehead atoms. The second-order valence-corrected chi connectivity index (χ2v) is 8.79. The van der Waals surface area contributed by atoms with Crippen LogP contribution in [0.5, 0.6) is 23.0 Å². The number of carbonyl (C=O) groups excluding carboxylic acids is 1. The summed E-state index contributed by atoms with van der Waals surface area (Å²) in [6.07, 6.45) is 5.92. The Balaban J connectivity index is 1.61. The van der Waals surface area contributed by atoms with Gasteiger partial charge in [-0.3, -0.25) is 9.69 Å². The van der Waals surface area contributed by atoms with Gasteiger partial charge in [-0.1, -0.05) is 18.6 Å². The van der Waals surface area contributed by atoms with Crippen molar-refractivity contribution in [1.82, 2.24) is 4.90 Å². The quantitative estimate of drug-likeness (QED) is 0.668. The van der Waals surface area contributed by atoms with Crippen molar-refractivity contribution >= 4 is 5.97 Å². The zero-order valence-electron chi connectivity index (χ0n) is 17.9. The van der Waals surface area contributed by atoms with E-state index in [9.17, 15) is 9.90 Å². The summed E-state index contributed by atoms with van der Waals surface area (Å²) in [5.74, 6) is 1.73. The van der Waals surface area contributed by atoms with Crippen LogP contribution in [0.4, 0.5) is 0 Å². The lowest BCUT2D eigenvalue weighted by molar-refractivity contribution is -0.154. The van der Waals surface area contributed by atoms with Crippen molar-refractivity contribution in [3.8, 4) is 23.0 Å². The second-order valence-electron chi connectivity index (χ2n) is 8.79. The average molecular weight is 424 g/mol. The molecule has 6 rings (SSSR count). The van der Waals surface area contributed by atoms with Crippen molar-refractivity contribution in [2.45, 2.75) is 63.1 Å². The van der Waals surface area contributed by atoms with Crippen molar-refractivity contribution in [1.29, 1.82) is 0 Å². The van der Waals surface area contributed by atoms with Gasteiger partial charge >= 0.3 is 5.97 Å². The highest BCUT2D eigenvalue weighted by Gasteiger charge is 2.40. The van der Waals surface area contributed by atoms with Crippen molar-refractivity contribution in [3.63, 3.8) is 0 Å². The number of phenols is 1. The van der Waals surface area contributed by atoms with Crippen LogP contribution in [0, 0.1) is 0 Å². The Morgan fingerprint density at radius 2 is 1.94 bits per heavy atom. The van der Waals surface area contributed by atoms with E-state index in [1.54, 1.807) is 12.1 Å². The van der Waals surface area contributed by atoms with E-state index < -0.39 is 0 Å². The lowest BCUT2D eigenvalue weighted by Crippen LogP contribution is -2.49. The molecule has 2 saturated heterocycles. The van der Waals surface area contributed by atoms with Gasteiger partial charge in [0.2, 0.25) is 0 Å². The van der Waals surface area contributed by atoms with E-state index in [0.717, 1.165) is 42.7 Å². The highest BCUT2D eigenvalue weighted by Crippen LogP contribution is 2.46. The molecule has 4 aliphatic rings. The van der Waals surface area contributed by atoms with Crippen molar-refractivity contribution in [2.24, 2.45) is 0 Å². The van der Waals surface area contributed by atoms with Crippen LogP contribution in [-0.4, -0.2) is 41.8 Å². The Morgan fingerprint density at radius 3 is 2.74 bits per heavy atom. The summed E-state index contributed by atoms with van der Waals surface area (Å²) in [6.45, 7) is 0.997. The number of aryl methyl sites for hydroxylation is 1. The fourth-order valence-corrected chi connectivity index (χ4v) is 5.29. The number of hydrogen-bond donors (Lipinski definition) is 1. The van der Waals surface area contributed by atoms with Crippen molar-refractivity contribution < 1.29 is 24.1 Å². The number of aromatic hydroxyl groups is 1. The molecule has 2 aromatic rings. The Labute approximate surface area is 182 Å². The van der Waals surface area contributed by atoms with Gasteiger partial charge in [0.25, 0.3) is 0 Å². The fraction of sp³-hybridized carbons (Fsp3) is 0.480. The summed E-state index contributed by atoms with van der Waals surface area (Å²) < 4.78 is 17.6. The highest BCUT2D eigenvalue weighted by molar-refractivity contribution is 5.70. The first-order chi connectivity index (χ1) is 15.1. The van der Waals surface area contributed by atoms with E-state index in [1.165, 1.54) is 13.5 Å². The number of methoxy groups -OCH3 is 1. The predicted molar refractivity (Wildman–Crippen MR) is 116 cm³/mol. The molecule has 3 unspecified atom stereocenters. The Hall–Kier alpha value is -2.73. The predicted octanol–water partition coefficient (Wildman–Crippen LogP) is 4.74. The van der Waals surface area contributed by atoms with Crippen LogP contribution in [0.1, 0.15) is 55.7 Å². The maximum absolute atomic E-state index is 12.6. The van der Waals surface area contributed by atoms with Crippen LogP contribution in [-0.2, 0) is 16.0 Å². The summed E-state index contributed by atoms with van der Waals surface area (Å²) in [6, 6.07) is 11.7. The Kier molecular flexibility index (Phi) is 5.48. The number of ether oxygens (including phenoxy) is 3. The van der Waals surface area contributed by atoms with Gasteiger partial charge < -0.3 is 19.3 Å². The van der Waals surface area contributed by atoms with Gasteiger partial charge in [-0.05, 0) is 49.6 Å². The van der Waals surface area contributed by atoms with Gasteiger partial charge in [-0.15, -0.1) is 0 Å². The minimum absolute atomic E-state index is 0.00544. The molecule has 4 aliphatic heterocycles. The highest BCUT2D eigenvalue weighted by atomic mass is 16.5. The van der Waals surface area contributed by atoms with Crippen LogP contribution in [0.2, 0.25) is 0 Å². The molecule has 0 radical (unpaired) electrons. The number of fused-ring (bicyclic) bond motifs is 6. The van der Waals surface area contributed by atoms with Crippen LogP contribution in [0.15, 0.2) is 36.4 Å². The molecular weight excluding hydrogens is 394 g/mol. The molecule has 2 fully saturated rings. The maximum Gasteiger partial charge on any atom is 0.306 e. The Bertz CT molecular complexity index is 957. The molecule has 6 nitrogen and oxygen atoms in total. The molecule has 2 aromatic carbocycles. The largest absolute Gasteiger partial charge is 0.504 e. The third-order valence-electron chi connectivity index (χ3n) is 6.83. The van der Waals surface area contributed by atoms with Crippen LogP contribution in [0.3, 0.4) is 0 Å². The number of esters is 1. The number of nitrogens with zero attached hydrogens (tertiary/aromatic N) is 1. The summed E-state index contributed by atoms with van der Waals surface area (Å²) in [5.41, 5.74) is 1.98. The van der Waals surface area contributed by atoms with Gasteiger partial charge in [0.15, 0.2) is 11.5 Å². The lowest BCUT2D eigenvalue weighted by atomic mass is 9.84. The molecule has 0 aliphatic carbocycles. The molecule has 3 atom stereocenters. The molecule has 164 valence electrons. The summed E-state index contributed by atoms with van der Waals surface area (Å²) in [5, 5.41) is 10.6. The number of benzene rings is 2. The van der Waals surface area contributed by atoms with E-state index in [-0.39, 0.29) is 23.9 Å². The first-order valence-corrected chi connectivity index (χ1v) is 11.2. The lowest BCUT2D eigenvalue weighted by Gasteiger charge is -2.47. The zero-order chi connectivity index (χ0) is 21.4. The number of carbonyl (C=O) groups is 1. The van der Waals surface area contributed by atoms with Gasteiger partial charge in [0, 0.05) is 43.0 Å². The van der Waals surface area contributed by atoms with E-state index in [0.29, 0.717) is 36.8 Å². The van der Waals surface area contributed by atoms with Gasteiger partial charge in [-0.25, -0.2) is 0 Å². The molecule has 0 spiro atoms. The summed E-state index contributed by atoms with van der Waals surface area (Å²) >= 11 is 0. The number of piperidine rings is 2. The molecule has 6 heteroatoms. The van der Waals surface area contributed by atoms with E-state index in [4.69, 9.17) is 14.2 Å².